The van der Waals surface area contributed by atoms with Gasteiger partial charge in [0.2, 0.25) is 0 Å². The normalized spacial score (nSPS) is 24.3. The molecule has 0 amide bonds. The van der Waals surface area contributed by atoms with Crippen molar-refractivity contribution in [3.63, 3.8) is 0 Å². The molecule has 0 spiro atoms. The highest BCUT2D eigenvalue weighted by Crippen LogP contribution is 2.39. The number of benzene rings is 1. The summed E-state index contributed by atoms with van der Waals surface area (Å²) in [6, 6.07) is 14.3. The summed E-state index contributed by atoms with van der Waals surface area (Å²) < 4.78 is 0. The van der Waals surface area contributed by atoms with Gasteiger partial charge in [-0.1, -0.05) is 36.4 Å². The van der Waals surface area contributed by atoms with Gasteiger partial charge in [-0.25, -0.2) is 0 Å². The largest absolute Gasteiger partial charge is 0.289 e. The van der Waals surface area contributed by atoms with Crippen molar-refractivity contribution in [2.45, 2.75) is 44.8 Å². The van der Waals surface area contributed by atoms with Crippen LogP contribution in [-0.2, 0) is 6.54 Å². The number of aromatic nitrogens is 1. The molecule has 112 valence electrons. The molecule has 1 aromatic heterocycles. The maximum atomic E-state index is 4.32. The molecule has 2 bridgehead atoms. The van der Waals surface area contributed by atoms with Crippen molar-refractivity contribution >= 4 is 5.57 Å². The van der Waals surface area contributed by atoms with Gasteiger partial charge in [0.25, 0.3) is 0 Å². The fourth-order valence-electron chi connectivity index (χ4n) is 3.96. The van der Waals surface area contributed by atoms with Crippen LogP contribution in [-0.4, -0.2) is 22.0 Å². The van der Waals surface area contributed by atoms with Crippen molar-refractivity contribution in [2.24, 2.45) is 0 Å². The average molecular weight is 290 g/mol. The molecule has 2 aliphatic rings. The third kappa shape index (κ3) is 2.48. The predicted octanol–water partition coefficient (Wildman–Crippen LogP) is 4.21. The number of aryl methyl sites for hydroxylation is 1. The molecule has 0 radical (unpaired) electrons. The van der Waals surface area contributed by atoms with Gasteiger partial charge < -0.3 is 0 Å². The Balaban J connectivity index is 1.59. The molecule has 3 heterocycles. The third-order valence-corrected chi connectivity index (χ3v) is 5.13. The molecule has 0 saturated carbocycles. The van der Waals surface area contributed by atoms with Crippen LogP contribution in [0.2, 0.25) is 0 Å². The summed E-state index contributed by atoms with van der Waals surface area (Å²) in [7, 11) is 0. The molecule has 2 unspecified atom stereocenters. The van der Waals surface area contributed by atoms with E-state index in [-0.39, 0.29) is 0 Å². The Hall–Kier alpha value is -1.93. The van der Waals surface area contributed by atoms with Crippen molar-refractivity contribution in [3.05, 3.63) is 71.6 Å². The van der Waals surface area contributed by atoms with Gasteiger partial charge in [-0.3, -0.25) is 9.88 Å². The molecule has 2 aromatic rings. The standard InChI is InChI=1S/C20H22N2/c1-15-9-10-21-13-20(15)17-11-18-7-8-19(12-17)22(18)14-16-5-3-2-4-6-16/h2-6,9-11,13,18-19H,7-8,12,14H2,1H3. The molecular formula is C20H22N2. The van der Waals surface area contributed by atoms with Crippen LogP contribution in [0.4, 0.5) is 0 Å². The molecule has 22 heavy (non-hydrogen) atoms. The number of fused-ring (bicyclic) bond motifs is 2. The highest BCUT2D eigenvalue weighted by Gasteiger charge is 2.36. The Bertz CT molecular complexity index is 690. The zero-order valence-corrected chi connectivity index (χ0v) is 13.1. The van der Waals surface area contributed by atoms with Crippen LogP contribution in [0.15, 0.2) is 54.9 Å². The van der Waals surface area contributed by atoms with Gasteiger partial charge in [0, 0.05) is 31.0 Å². The van der Waals surface area contributed by atoms with E-state index in [0.717, 1.165) is 13.0 Å². The Kier molecular flexibility index (Phi) is 3.55. The van der Waals surface area contributed by atoms with E-state index in [9.17, 15) is 0 Å². The fraction of sp³-hybridized carbons (Fsp3) is 0.350. The minimum atomic E-state index is 0.591. The van der Waals surface area contributed by atoms with E-state index in [4.69, 9.17) is 0 Å². The zero-order valence-electron chi connectivity index (χ0n) is 13.1. The Morgan fingerprint density at radius 1 is 1.14 bits per heavy atom. The predicted molar refractivity (Wildman–Crippen MR) is 90.4 cm³/mol. The van der Waals surface area contributed by atoms with E-state index in [0.29, 0.717) is 12.1 Å². The average Bonchev–Trinajstić information content (AvgIpc) is 2.78. The summed E-state index contributed by atoms with van der Waals surface area (Å²) in [5.74, 6) is 0. The molecule has 2 nitrogen and oxygen atoms in total. The molecule has 0 aliphatic carbocycles. The maximum Gasteiger partial charge on any atom is 0.0345 e. The first-order valence-electron chi connectivity index (χ1n) is 8.22. The van der Waals surface area contributed by atoms with E-state index in [1.54, 1.807) is 0 Å². The van der Waals surface area contributed by atoms with E-state index in [2.05, 4.69) is 59.3 Å². The molecule has 2 atom stereocenters. The molecule has 1 saturated heterocycles. The number of rotatable bonds is 3. The zero-order chi connectivity index (χ0) is 14.9. The minimum Gasteiger partial charge on any atom is -0.289 e. The van der Waals surface area contributed by atoms with Gasteiger partial charge in [0.1, 0.15) is 0 Å². The van der Waals surface area contributed by atoms with E-state index < -0.39 is 0 Å². The smallest absolute Gasteiger partial charge is 0.0345 e. The van der Waals surface area contributed by atoms with Crippen LogP contribution in [0.3, 0.4) is 0 Å². The van der Waals surface area contributed by atoms with Crippen molar-refractivity contribution < 1.29 is 0 Å². The number of hydrogen-bond donors (Lipinski definition) is 0. The molecule has 4 rings (SSSR count). The SMILES string of the molecule is Cc1ccncc1C1=CC2CCC(C1)N2Cc1ccccc1. The number of hydrogen-bond acceptors (Lipinski definition) is 2. The first-order chi connectivity index (χ1) is 10.8. The fourth-order valence-corrected chi connectivity index (χ4v) is 3.96. The van der Waals surface area contributed by atoms with Gasteiger partial charge in [0.15, 0.2) is 0 Å². The van der Waals surface area contributed by atoms with Crippen LogP contribution >= 0.6 is 0 Å². The van der Waals surface area contributed by atoms with E-state index >= 15 is 0 Å². The van der Waals surface area contributed by atoms with Crippen LogP contribution in [0.1, 0.15) is 36.0 Å². The van der Waals surface area contributed by atoms with Crippen LogP contribution in [0.25, 0.3) is 5.57 Å². The number of nitrogens with zero attached hydrogens (tertiary/aromatic N) is 2. The summed E-state index contributed by atoms with van der Waals surface area (Å²) >= 11 is 0. The lowest BCUT2D eigenvalue weighted by Gasteiger charge is -2.34. The van der Waals surface area contributed by atoms with Gasteiger partial charge in [0.05, 0.1) is 0 Å². The maximum absolute atomic E-state index is 4.32. The van der Waals surface area contributed by atoms with Gasteiger partial charge in [-0.15, -0.1) is 0 Å². The van der Waals surface area contributed by atoms with Gasteiger partial charge >= 0.3 is 0 Å². The second kappa shape index (κ2) is 5.69. The number of pyridine rings is 1. The summed E-state index contributed by atoms with van der Waals surface area (Å²) in [5.41, 5.74) is 5.62. The minimum absolute atomic E-state index is 0.591. The first kappa shape index (κ1) is 13.7. The van der Waals surface area contributed by atoms with Crippen LogP contribution in [0.5, 0.6) is 0 Å². The Morgan fingerprint density at radius 2 is 2.00 bits per heavy atom. The van der Waals surface area contributed by atoms with Crippen molar-refractivity contribution in [1.82, 2.24) is 9.88 Å². The first-order valence-corrected chi connectivity index (χ1v) is 8.22. The third-order valence-electron chi connectivity index (χ3n) is 5.13. The highest BCUT2D eigenvalue weighted by molar-refractivity contribution is 5.69. The second-order valence-corrected chi connectivity index (χ2v) is 6.54. The summed E-state index contributed by atoms with van der Waals surface area (Å²) in [4.78, 5) is 7.01. The molecule has 1 aromatic carbocycles. The lowest BCUT2D eigenvalue weighted by Crippen LogP contribution is -2.37. The molecular weight excluding hydrogens is 268 g/mol. The molecule has 2 aliphatic heterocycles. The quantitative estimate of drug-likeness (QED) is 0.842. The van der Waals surface area contributed by atoms with Crippen LogP contribution < -0.4 is 0 Å². The summed E-state index contributed by atoms with van der Waals surface area (Å²) in [6.45, 7) is 3.27. The lowest BCUT2D eigenvalue weighted by molar-refractivity contribution is 0.203. The molecule has 2 heteroatoms. The Morgan fingerprint density at radius 3 is 2.77 bits per heavy atom. The summed E-state index contributed by atoms with van der Waals surface area (Å²) in [6.07, 6.45) is 10.2. The van der Waals surface area contributed by atoms with E-state index in [1.807, 2.05) is 12.4 Å². The topological polar surface area (TPSA) is 16.1 Å². The van der Waals surface area contributed by atoms with Crippen molar-refractivity contribution in [1.29, 1.82) is 0 Å². The summed E-state index contributed by atoms with van der Waals surface area (Å²) in [5, 5.41) is 0. The van der Waals surface area contributed by atoms with Crippen molar-refractivity contribution in [3.8, 4) is 0 Å². The second-order valence-electron chi connectivity index (χ2n) is 6.54. The van der Waals surface area contributed by atoms with Crippen LogP contribution in [0, 0.1) is 6.92 Å². The van der Waals surface area contributed by atoms with Gasteiger partial charge in [-0.05, 0) is 54.5 Å². The van der Waals surface area contributed by atoms with Gasteiger partial charge in [-0.2, -0.15) is 0 Å². The Labute approximate surface area is 132 Å². The monoisotopic (exact) mass is 290 g/mol. The lowest BCUT2D eigenvalue weighted by atomic mass is 9.93. The van der Waals surface area contributed by atoms with Crippen molar-refractivity contribution in [2.75, 3.05) is 0 Å². The molecule has 0 N–H and O–H groups in total. The molecule has 1 fully saturated rings. The van der Waals surface area contributed by atoms with E-state index in [1.165, 1.54) is 35.1 Å². The highest BCUT2D eigenvalue weighted by atomic mass is 15.2.